The third kappa shape index (κ3) is 0.865. The van der Waals surface area contributed by atoms with Crippen LogP contribution in [0, 0.1) is 6.92 Å². The Morgan fingerprint density at radius 3 is 3.00 bits per heavy atom. The number of aryl methyl sites for hydroxylation is 1. The van der Waals surface area contributed by atoms with Gasteiger partial charge in [0.1, 0.15) is 5.82 Å². The first-order chi connectivity index (χ1) is 5.70. The number of pyridine rings is 1. The first-order valence-corrected chi connectivity index (χ1v) is 3.96. The molecule has 0 saturated heterocycles. The molecular formula is C8H8ClN3. The summed E-state index contributed by atoms with van der Waals surface area (Å²) in [6.45, 7) is 1.86. The van der Waals surface area contributed by atoms with E-state index in [0.717, 1.165) is 5.69 Å². The number of aromatic nitrogens is 2. The number of nitrogen functional groups attached to an aromatic ring is 1. The van der Waals surface area contributed by atoms with E-state index in [0.29, 0.717) is 16.5 Å². The zero-order valence-electron chi connectivity index (χ0n) is 6.58. The molecule has 62 valence electrons. The molecule has 0 aliphatic carbocycles. The summed E-state index contributed by atoms with van der Waals surface area (Å²) in [5.74, 6) is 0.646. The molecule has 3 nitrogen and oxygen atoms in total. The molecule has 12 heavy (non-hydrogen) atoms. The van der Waals surface area contributed by atoms with E-state index in [1.807, 2.05) is 19.2 Å². The molecule has 0 unspecified atom stereocenters. The molecular weight excluding hydrogens is 174 g/mol. The fourth-order valence-corrected chi connectivity index (χ4v) is 1.37. The SMILES string of the molecule is Cc1nc2c(Cl)cccn2c1N. The van der Waals surface area contributed by atoms with Crippen LogP contribution in [-0.2, 0) is 0 Å². The average molecular weight is 182 g/mol. The van der Waals surface area contributed by atoms with Crippen molar-refractivity contribution in [2.24, 2.45) is 0 Å². The molecule has 2 aromatic rings. The van der Waals surface area contributed by atoms with Gasteiger partial charge in [0.15, 0.2) is 5.65 Å². The van der Waals surface area contributed by atoms with Gasteiger partial charge < -0.3 is 5.73 Å². The van der Waals surface area contributed by atoms with Crippen molar-refractivity contribution in [3.8, 4) is 0 Å². The van der Waals surface area contributed by atoms with Crippen molar-refractivity contribution < 1.29 is 0 Å². The minimum absolute atomic E-state index is 0.623. The molecule has 0 aliphatic heterocycles. The number of nitrogens with zero attached hydrogens (tertiary/aromatic N) is 2. The van der Waals surface area contributed by atoms with Crippen LogP contribution in [0.5, 0.6) is 0 Å². The zero-order valence-corrected chi connectivity index (χ0v) is 7.34. The summed E-state index contributed by atoms with van der Waals surface area (Å²) < 4.78 is 1.78. The smallest absolute Gasteiger partial charge is 0.157 e. The van der Waals surface area contributed by atoms with Crippen molar-refractivity contribution in [1.29, 1.82) is 0 Å². The summed E-state index contributed by atoms with van der Waals surface area (Å²) >= 11 is 5.90. The van der Waals surface area contributed by atoms with Gasteiger partial charge in [0, 0.05) is 6.20 Å². The van der Waals surface area contributed by atoms with Crippen LogP contribution >= 0.6 is 11.6 Å². The van der Waals surface area contributed by atoms with Gasteiger partial charge in [0.2, 0.25) is 0 Å². The molecule has 0 aromatic carbocycles. The molecule has 0 radical (unpaired) electrons. The number of nitrogens with two attached hydrogens (primary N) is 1. The molecule has 2 N–H and O–H groups in total. The second-order valence-corrected chi connectivity index (χ2v) is 3.04. The lowest BCUT2D eigenvalue weighted by Gasteiger charge is -1.95. The van der Waals surface area contributed by atoms with Crippen LogP contribution in [0.1, 0.15) is 5.69 Å². The number of hydrogen-bond acceptors (Lipinski definition) is 2. The molecule has 2 rings (SSSR count). The lowest BCUT2D eigenvalue weighted by Crippen LogP contribution is -1.92. The van der Waals surface area contributed by atoms with Gasteiger partial charge in [-0.3, -0.25) is 4.40 Å². The maximum absolute atomic E-state index is 5.90. The molecule has 0 amide bonds. The average Bonchev–Trinajstić information content (AvgIpc) is 2.32. The minimum atomic E-state index is 0.623. The Morgan fingerprint density at radius 2 is 2.33 bits per heavy atom. The van der Waals surface area contributed by atoms with E-state index in [2.05, 4.69) is 4.98 Å². The van der Waals surface area contributed by atoms with Crippen molar-refractivity contribution in [1.82, 2.24) is 9.38 Å². The highest BCUT2D eigenvalue weighted by Crippen LogP contribution is 2.20. The number of anilines is 1. The lowest BCUT2D eigenvalue weighted by molar-refractivity contribution is 1.19. The van der Waals surface area contributed by atoms with Crippen LogP contribution in [0.25, 0.3) is 5.65 Å². The van der Waals surface area contributed by atoms with Crippen molar-refractivity contribution in [3.05, 3.63) is 29.0 Å². The van der Waals surface area contributed by atoms with Crippen LogP contribution in [-0.4, -0.2) is 9.38 Å². The standard InChI is InChI=1S/C8H8ClN3/c1-5-7(10)12-4-2-3-6(9)8(12)11-5/h2-4H,10H2,1H3. The van der Waals surface area contributed by atoms with Crippen molar-refractivity contribution in [2.45, 2.75) is 6.92 Å². The van der Waals surface area contributed by atoms with Crippen LogP contribution in [0.3, 0.4) is 0 Å². The highest BCUT2D eigenvalue weighted by atomic mass is 35.5. The van der Waals surface area contributed by atoms with E-state index < -0.39 is 0 Å². The van der Waals surface area contributed by atoms with Gasteiger partial charge in [0.25, 0.3) is 0 Å². The molecule has 0 atom stereocenters. The van der Waals surface area contributed by atoms with Crippen molar-refractivity contribution in [2.75, 3.05) is 5.73 Å². The Bertz CT molecular complexity index is 433. The highest BCUT2D eigenvalue weighted by Gasteiger charge is 2.06. The highest BCUT2D eigenvalue weighted by molar-refractivity contribution is 6.33. The third-order valence-electron chi connectivity index (χ3n) is 1.82. The molecule has 0 aliphatic rings. The Morgan fingerprint density at radius 1 is 1.58 bits per heavy atom. The van der Waals surface area contributed by atoms with E-state index in [4.69, 9.17) is 17.3 Å². The maximum atomic E-state index is 5.90. The fourth-order valence-electron chi connectivity index (χ4n) is 1.17. The Kier molecular flexibility index (Phi) is 1.48. The number of rotatable bonds is 0. The summed E-state index contributed by atoms with van der Waals surface area (Å²) in [7, 11) is 0. The summed E-state index contributed by atoms with van der Waals surface area (Å²) in [6.07, 6.45) is 1.84. The third-order valence-corrected chi connectivity index (χ3v) is 2.12. The van der Waals surface area contributed by atoms with Crippen LogP contribution < -0.4 is 5.73 Å². The monoisotopic (exact) mass is 181 g/mol. The van der Waals surface area contributed by atoms with Crippen molar-refractivity contribution >= 4 is 23.1 Å². The van der Waals surface area contributed by atoms with E-state index in [1.165, 1.54) is 0 Å². The molecule has 0 saturated carbocycles. The predicted octanol–water partition coefficient (Wildman–Crippen LogP) is 1.88. The maximum Gasteiger partial charge on any atom is 0.157 e. The van der Waals surface area contributed by atoms with E-state index in [9.17, 15) is 0 Å². The normalized spacial score (nSPS) is 10.8. The molecule has 2 aromatic heterocycles. The first kappa shape index (κ1) is 7.43. The predicted molar refractivity (Wildman–Crippen MR) is 49.4 cm³/mol. The van der Waals surface area contributed by atoms with Gasteiger partial charge in [-0.2, -0.15) is 0 Å². The Balaban J connectivity index is 2.95. The Hall–Kier alpha value is -1.22. The second-order valence-electron chi connectivity index (χ2n) is 2.63. The molecule has 0 spiro atoms. The van der Waals surface area contributed by atoms with Crippen LogP contribution in [0.15, 0.2) is 18.3 Å². The summed E-state index contributed by atoms with van der Waals surface area (Å²) in [5, 5.41) is 0.623. The zero-order chi connectivity index (χ0) is 8.72. The van der Waals surface area contributed by atoms with E-state index in [1.54, 1.807) is 10.5 Å². The van der Waals surface area contributed by atoms with Gasteiger partial charge >= 0.3 is 0 Å². The summed E-state index contributed by atoms with van der Waals surface area (Å²) in [5.41, 5.74) is 7.27. The van der Waals surface area contributed by atoms with Gasteiger partial charge in [-0.05, 0) is 19.1 Å². The first-order valence-electron chi connectivity index (χ1n) is 3.59. The topological polar surface area (TPSA) is 43.3 Å². The van der Waals surface area contributed by atoms with E-state index in [-0.39, 0.29) is 0 Å². The number of halogens is 1. The summed E-state index contributed by atoms with van der Waals surface area (Å²) in [4.78, 5) is 4.22. The molecule has 0 bridgehead atoms. The van der Waals surface area contributed by atoms with Crippen LogP contribution in [0.4, 0.5) is 5.82 Å². The summed E-state index contributed by atoms with van der Waals surface area (Å²) in [6, 6.07) is 3.63. The number of hydrogen-bond donors (Lipinski definition) is 1. The van der Waals surface area contributed by atoms with Crippen LogP contribution in [0.2, 0.25) is 5.02 Å². The fraction of sp³-hybridized carbons (Fsp3) is 0.125. The van der Waals surface area contributed by atoms with Gasteiger partial charge in [-0.1, -0.05) is 11.6 Å². The van der Waals surface area contributed by atoms with E-state index >= 15 is 0 Å². The molecule has 0 fully saturated rings. The van der Waals surface area contributed by atoms with Gasteiger partial charge in [0.05, 0.1) is 10.7 Å². The quantitative estimate of drug-likeness (QED) is 0.675. The lowest BCUT2D eigenvalue weighted by atomic mass is 10.5. The second kappa shape index (κ2) is 2.38. The number of imidazole rings is 1. The molecule has 4 heteroatoms. The van der Waals surface area contributed by atoms with Gasteiger partial charge in [-0.15, -0.1) is 0 Å². The van der Waals surface area contributed by atoms with Gasteiger partial charge in [-0.25, -0.2) is 4.98 Å². The largest absolute Gasteiger partial charge is 0.383 e. The number of fused-ring (bicyclic) bond motifs is 1. The Labute approximate surface area is 74.8 Å². The minimum Gasteiger partial charge on any atom is -0.383 e. The molecule has 2 heterocycles. The van der Waals surface area contributed by atoms with Crippen molar-refractivity contribution in [3.63, 3.8) is 0 Å².